The molecule has 1 heterocycles. The molecule has 0 aromatic heterocycles. The Balaban J connectivity index is 1.87. The fraction of sp³-hybridized carbons (Fsp3) is 0.429. The van der Waals surface area contributed by atoms with Crippen molar-refractivity contribution in [1.82, 2.24) is 0 Å². The van der Waals surface area contributed by atoms with Gasteiger partial charge in [0.25, 0.3) is 0 Å². The summed E-state index contributed by atoms with van der Waals surface area (Å²) < 4.78 is 24.6. The van der Waals surface area contributed by atoms with E-state index in [1.54, 1.807) is 19.1 Å². The summed E-state index contributed by atoms with van der Waals surface area (Å²) in [5.74, 6) is -0.219. The molecule has 27 heavy (non-hydrogen) atoms. The lowest BCUT2D eigenvalue weighted by Crippen LogP contribution is -2.53. The third kappa shape index (κ3) is 4.14. The van der Waals surface area contributed by atoms with Crippen molar-refractivity contribution in [2.75, 3.05) is 7.11 Å². The van der Waals surface area contributed by atoms with Crippen LogP contribution in [-0.2, 0) is 11.2 Å². The van der Waals surface area contributed by atoms with Crippen LogP contribution in [0.3, 0.4) is 0 Å². The van der Waals surface area contributed by atoms with E-state index in [4.69, 9.17) is 9.47 Å². The van der Waals surface area contributed by atoms with Gasteiger partial charge >= 0.3 is 0 Å². The molecule has 0 saturated carbocycles. The summed E-state index contributed by atoms with van der Waals surface area (Å²) in [6.45, 7) is 3.58. The highest BCUT2D eigenvalue weighted by Gasteiger charge is 2.42. The van der Waals surface area contributed by atoms with E-state index < -0.39 is 36.3 Å². The number of hydrogen-bond acceptors (Lipinski definition) is 5. The van der Waals surface area contributed by atoms with Crippen molar-refractivity contribution >= 4 is 0 Å². The van der Waals surface area contributed by atoms with Crippen LogP contribution in [0, 0.1) is 12.7 Å². The molecule has 3 N–H and O–H groups in total. The van der Waals surface area contributed by atoms with Crippen molar-refractivity contribution in [1.29, 1.82) is 0 Å². The van der Waals surface area contributed by atoms with E-state index >= 15 is 0 Å². The number of aliphatic hydroxyl groups is 3. The molecular weight excluding hydrogens is 351 g/mol. The third-order valence-corrected chi connectivity index (χ3v) is 4.96. The molecule has 1 saturated heterocycles. The molecule has 2 aromatic rings. The Morgan fingerprint density at radius 3 is 2.41 bits per heavy atom. The molecule has 1 aliphatic heterocycles. The Morgan fingerprint density at radius 2 is 1.74 bits per heavy atom. The third-order valence-electron chi connectivity index (χ3n) is 4.96. The summed E-state index contributed by atoms with van der Waals surface area (Å²) in [5, 5.41) is 30.3. The van der Waals surface area contributed by atoms with Gasteiger partial charge in [0, 0.05) is 0 Å². The van der Waals surface area contributed by atoms with Gasteiger partial charge in [-0.15, -0.1) is 0 Å². The van der Waals surface area contributed by atoms with E-state index in [-0.39, 0.29) is 5.75 Å². The number of benzene rings is 2. The normalized spacial score (nSPS) is 28.2. The number of hydrogen-bond donors (Lipinski definition) is 3. The second kappa shape index (κ2) is 7.94. The number of ether oxygens (including phenoxy) is 2. The van der Waals surface area contributed by atoms with Gasteiger partial charge in [-0.1, -0.05) is 29.8 Å². The summed E-state index contributed by atoms with van der Waals surface area (Å²) in [6, 6.07) is 10.6. The van der Waals surface area contributed by atoms with Crippen LogP contribution in [0.1, 0.15) is 35.3 Å². The molecule has 6 heteroatoms. The van der Waals surface area contributed by atoms with Crippen molar-refractivity contribution in [2.45, 2.75) is 50.8 Å². The molecule has 0 aliphatic carbocycles. The molecular formula is C21H25FO5. The van der Waals surface area contributed by atoms with Crippen molar-refractivity contribution < 1.29 is 29.2 Å². The van der Waals surface area contributed by atoms with Crippen LogP contribution in [0.25, 0.3) is 0 Å². The Morgan fingerprint density at radius 1 is 1.00 bits per heavy atom. The lowest BCUT2D eigenvalue weighted by atomic mass is 9.89. The molecule has 3 rings (SSSR count). The number of rotatable bonds is 4. The topological polar surface area (TPSA) is 79.2 Å². The molecule has 146 valence electrons. The summed E-state index contributed by atoms with van der Waals surface area (Å²) in [6.07, 6.45) is -4.50. The maximum Gasteiger partial charge on any atom is 0.165 e. The Bertz CT molecular complexity index is 809. The van der Waals surface area contributed by atoms with Crippen molar-refractivity contribution in [3.63, 3.8) is 0 Å². The highest BCUT2D eigenvalue weighted by molar-refractivity contribution is 5.37. The van der Waals surface area contributed by atoms with Gasteiger partial charge in [-0.25, -0.2) is 4.39 Å². The predicted molar refractivity (Wildman–Crippen MR) is 98.2 cm³/mol. The van der Waals surface area contributed by atoms with E-state index in [2.05, 4.69) is 0 Å². The van der Waals surface area contributed by atoms with E-state index in [0.29, 0.717) is 12.0 Å². The molecule has 0 spiro atoms. The van der Waals surface area contributed by atoms with Gasteiger partial charge in [-0.3, -0.25) is 0 Å². The minimum atomic E-state index is -1.28. The van der Waals surface area contributed by atoms with Crippen LogP contribution >= 0.6 is 0 Å². The first-order valence-electron chi connectivity index (χ1n) is 8.92. The van der Waals surface area contributed by atoms with Crippen LogP contribution in [-0.4, -0.2) is 46.8 Å². The van der Waals surface area contributed by atoms with Gasteiger partial charge < -0.3 is 24.8 Å². The van der Waals surface area contributed by atoms with E-state index in [0.717, 1.165) is 16.7 Å². The predicted octanol–water partition coefficient (Wildman–Crippen LogP) is 2.28. The molecule has 1 fully saturated rings. The van der Waals surface area contributed by atoms with Crippen LogP contribution < -0.4 is 4.74 Å². The maximum atomic E-state index is 13.9. The highest BCUT2D eigenvalue weighted by atomic mass is 19.1. The second-order valence-electron chi connectivity index (χ2n) is 7.13. The van der Waals surface area contributed by atoms with Gasteiger partial charge in [0.2, 0.25) is 0 Å². The SMILES string of the molecule is COc1ccc(Cc2cc(C)cc([C@@H]3OC(C)[C@@H](O)[C@H](O)[C@H]3O)c2)cc1F. The lowest BCUT2D eigenvalue weighted by molar-refractivity contribution is -0.219. The van der Waals surface area contributed by atoms with Gasteiger partial charge in [-0.05, 0) is 49.1 Å². The van der Waals surface area contributed by atoms with Crippen LogP contribution in [0.4, 0.5) is 4.39 Å². The summed E-state index contributed by atoms with van der Waals surface area (Å²) >= 11 is 0. The molecule has 2 aromatic carbocycles. The fourth-order valence-corrected chi connectivity index (χ4v) is 3.54. The average molecular weight is 376 g/mol. The average Bonchev–Trinajstić information content (AvgIpc) is 2.62. The van der Waals surface area contributed by atoms with Crippen molar-refractivity contribution in [3.8, 4) is 5.75 Å². The number of halogens is 1. The van der Waals surface area contributed by atoms with E-state index in [9.17, 15) is 19.7 Å². The van der Waals surface area contributed by atoms with Crippen molar-refractivity contribution in [2.24, 2.45) is 0 Å². The van der Waals surface area contributed by atoms with Gasteiger partial charge in [0.15, 0.2) is 11.6 Å². The van der Waals surface area contributed by atoms with Crippen molar-refractivity contribution in [3.05, 3.63) is 64.5 Å². The molecule has 0 amide bonds. The zero-order chi connectivity index (χ0) is 19.7. The quantitative estimate of drug-likeness (QED) is 0.763. The summed E-state index contributed by atoms with van der Waals surface area (Å²) in [4.78, 5) is 0. The summed E-state index contributed by atoms with van der Waals surface area (Å²) in [7, 11) is 1.42. The second-order valence-corrected chi connectivity index (χ2v) is 7.13. The monoisotopic (exact) mass is 376 g/mol. The Hall–Kier alpha value is -1.99. The minimum absolute atomic E-state index is 0.198. The zero-order valence-electron chi connectivity index (χ0n) is 15.6. The Kier molecular flexibility index (Phi) is 5.81. The van der Waals surface area contributed by atoms with Gasteiger partial charge in [-0.2, -0.15) is 0 Å². The number of aliphatic hydroxyl groups excluding tert-OH is 3. The zero-order valence-corrected chi connectivity index (χ0v) is 15.6. The first-order chi connectivity index (χ1) is 12.8. The minimum Gasteiger partial charge on any atom is -0.494 e. The number of aryl methyl sites for hydroxylation is 1. The van der Waals surface area contributed by atoms with Gasteiger partial charge in [0.1, 0.15) is 24.4 Å². The molecule has 5 nitrogen and oxygen atoms in total. The smallest absolute Gasteiger partial charge is 0.165 e. The first kappa shape index (κ1) is 19.8. The molecule has 0 bridgehead atoms. The Labute approximate surface area is 158 Å². The van der Waals surface area contributed by atoms with Gasteiger partial charge in [0.05, 0.1) is 13.2 Å². The first-order valence-corrected chi connectivity index (χ1v) is 8.92. The molecule has 1 aliphatic rings. The standard InChI is InChI=1S/C21H25FO5/c1-11-6-14(8-13-4-5-17(26-3)16(22)10-13)9-15(7-11)21-20(25)19(24)18(23)12(2)27-21/h4-7,9-10,12,18-21,23-25H,8H2,1-3H3/t12?,18-,19+,20-,21+/m1/s1. The molecule has 5 atom stereocenters. The van der Waals surface area contributed by atoms with E-state index in [1.807, 2.05) is 25.1 Å². The van der Waals surface area contributed by atoms with Crippen LogP contribution in [0.5, 0.6) is 5.75 Å². The van der Waals surface area contributed by atoms with Crippen LogP contribution in [0.15, 0.2) is 36.4 Å². The fourth-order valence-electron chi connectivity index (χ4n) is 3.54. The summed E-state index contributed by atoms with van der Waals surface area (Å²) in [5.41, 5.74) is 3.39. The molecule has 0 radical (unpaired) electrons. The highest BCUT2D eigenvalue weighted by Crippen LogP contribution is 2.33. The maximum absolute atomic E-state index is 13.9. The number of methoxy groups -OCH3 is 1. The van der Waals surface area contributed by atoms with E-state index in [1.165, 1.54) is 13.2 Å². The largest absolute Gasteiger partial charge is 0.494 e. The molecule has 1 unspecified atom stereocenters. The lowest BCUT2D eigenvalue weighted by Gasteiger charge is -2.39. The van der Waals surface area contributed by atoms with Crippen LogP contribution in [0.2, 0.25) is 0 Å².